The third kappa shape index (κ3) is 2.34. The first-order chi connectivity index (χ1) is 11.2. The molecule has 3 N–H and O–H groups in total. The van der Waals surface area contributed by atoms with Crippen molar-refractivity contribution in [1.82, 2.24) is 15.6 Å². The Hall–Kier alpha value is -2.18. The predicted molar refractivity (Wildman–Crippen MR) is 86.0 cm³/mol. The van der Waals surface area contributed by atoms with Crippen molar-refractivity contribution in [1.29, 1.82) is 0 Å². The minimum absolute atomic E-state index is 0.00867. The Labute approximate surface area is 133 Å². The number of carbonyl (C=O) groups is 1. The number of amides is 1. The summed E-state index contributed by atoms with van der Waals surface area (Å²) in [6.45, 7) is 2.92. The Morgan fingerprint density at radius 3 is 3.17 bits per heavy atom. The van der Waals surface area contributed by atoms with Crippen molar-refractivity contribution in [2.24, 2.45) is 11.3 Å². The zero-order valence-electron chi connectivity index (χ0n) is 12.7. The number of aromatic nitrogens is 1. The number of hydrogen-bond donors (Lipinski definition) is 3. The smallest absolute Gasteiger partial charge is 0.248 e. The van der Waals surface area contributed by atoms with Gasteiger partial charge in [-0.15, -0.1) is 0 Å². The second-order valence-electron chi connectivity index (χ2n) is 6.39. The van der Waals surface area contributed by atoms with Gasteiger partial charge in [0.15, 0.2) is 0 Å². The highest BCUT2D eigenvalue weighted by Crippen LogP contribution is 2.37. The van der Waals surface area contributed by atoms with Crippen LogP contribution in [-0.4, -0.2) is 37.2 Å². The molecule has 6 nitrogen and oxygen atoms in total. The van der Waals surface area contributed by atoms with E-state index in [0.717, 1.165) is 23.0 Å². The summed E-state index contributed by atoms with van der Waals surface area (Å²) in [5, 5.41) is 7.25. The Balaban J connectivity index is 1.58. The van der Waals surface area contributed by atoms with Crippen LogP contribution >= 0.6 is 0 Å². The van der Waals surface area contributed by atoms with Gasteiger partial charge in [0.2, 0.25) is 11.5 Å². The molecule has 0 radical (unpaired) electrons. The Bertz CT molecular complexity index is 804. The van der Waals surface area contributed by atoms with Gasteiger partial charge >= 0.3 is 0 Å². The molecule has 1 aromatic carbocycles. The van der Waals surface area contributed by atoms with E-state index >= 15 is 0 Å². The summed E-state index contributed by atoms with van der Waals surface area (Å²) in [6.07, 6.45) is 0. The normalized spacial score (nSPS) is 26.3. The number of rotatable bonds is 3. The molecule has 2 saturated heterocycles. The van der Waals surface area contributed by atoms with E-state index < -0.39 is 5.41 Å². The zero-order chi connectivity index (χ0) is 15.9. The topological polar surface area (TPSA) is 83.2 Å². The number of nitrogens with one attached hydrogen (secondary N) is 3. The van der Waals surface area contributed by atoms with E-state index in [1.54, 1.807) is 6.07 Å². The van der Waals surface area contributed by atoms with Crippen LogP contribution in [0.5, 0.6) is 0 Å². The summed E-state index contributed by atoms with van der Waals surface area (Å²) in [4.78, 5) is 27.3. The third-order valence-corrected chi connectivity index (χ3v) is 5.02. The molecule has 0 spiro atoms. The molecule has 0 unspecified atom stereocenters. The van der Waals surface area contributed by atoms with Crippen molar-refractivity contribution in [3.05, 3.63) is 46.2 Å². The molecule has 3 heterocycles. The second-order valence-corrected chi connectivity index (χ2v) is 6.39. The molecule has 0 aliphatic carbocycles. The maximum absolute atomic E-state index is 12.7. The van der Waals surface area contributed by atoms with Crippen LogP contribution in [0.3, 0.4) is 0 Å². The fourth-order valence-electron chi connectivity index (χ4n) is 3.69. The van der Waals surface area contributed by atoms with Crippen LogP contribution < -0.4 is 16.2 Å². The summed E-state index contributed by atoms with van der Waals surface area (Å²) >= 11 is 0. The van der Waals surface area contributed by atoms with E-state index in [1.165, 1.54) is 0 Å². The number of aromatic amines is 1. The molecule has 2 aliphatic rings. The third-order valence-electron chi connectivity index (χ3n) is 5.02. The van der Waals surface area contributed by atoms with E-state index in [9.17, 15) is 9.59 Å². The SMILES string of the molecule is O=C(NCc1cc(=O)[nH]c2ccccc12)[C@]12CNC[C@H]1COC2. The lowest BCUT2D eigenvalue weighted by atomic mass is 9.80. The summed E-state index contributed by atoms with van der Waals surface area (Å²) in [5.41, 5.74) is 0.995. The minimum atomic E-state index is -0.461. The maximum Gasteiger partial charge on any atom is 0.248 e. The summed E-state index contributed by atoms with van der Waals surface area (Å²) in [5.74, 6) is 0.243. The van der Waals surface area contributed by atoms with Crippen LogP contribution in [0, 0.1) is 11.3 Å². The highest BCUT2D eigenvalue weighted by Gasteiger charge is 2.52. The molecule has 2 atom stereocenters. The largest absolute Gasteiger partial charge is 0.380 e. The molecule has 1 amide bonds. The van der Waals surface area contributed by atoms with Crippen molar-refractivity contribution >= 4 is 16.8 Å². The molecular formula is C17H19N3O3. The average Bonchev–Trinajstić information content (AvgIpc) is 3.12. The van der Waals surface area contributed by atoms with Gasteiger partial charge in [-0.3, -0.25) is 9.59 Å². The van der Waals surface area contributed by atoms with Crippen molar-refractivity contribution in [3.63, 3.8) is 0 Å². The summed E-state index contributed by atoms with van der Waals surface area (Å²) in [6, 6.07) is 9.17. The molecule has 6 heteroatoms. The van der Waals surface area contributed by atoms with Crippen LogP contribution in [0.4, 0.5) is 0 Å². The Morgan fingerprint density at radius 1 is 1.39 bits per heavy atom. The van der Waals surface area contributed by atoms with Gasteiger partial charge in [-0.2, -0.15) is 0 Å². The molecule has 0 bridgehead atoms. The molecular weight excluding hydrogens is 294 g/mol. The fourth-order valence-corrected chi connectivity index (χ4v) is 3.69. The quantitative estimate of drug-likeness (QED) is 0.765. The molecule has 2 aliphatic heterocycles. The lowest BCUT2D eigenvalue weighted by Gasteiger charge is -2.25. The van der Waals surface area contributed by atoms with Crippen LogP contribution in [0.25, 0.3) is 10.9 Å². The van der Waals surface area contributed by atoms with Crippen LogP contribution in [0.1, 0.15) is 5.56 Å². The van der Waals surface area contributed by atoms with Crippen LogP contribution in [0.15, 0.2) is 35.1 Å². The number of hydrogen-bond acceptors (Lipinski definition) is 4. The standard InChI is InChI=1S/C17H19N3O3/c21-15-5-11(13-3-1-2-4-14(13)20-15)6-19-16(22)17-9-18-7-12(17)8-23-10-17/h1-5,12,18H,6-10H2,(H,19,22)(H,20,21)/t12-,17-/m0/s1. The maximum atomic E-state index is 12.7. The molecule has 2 fully saturated rings. The molecule has 1 aromatic heterocycles. The van der Waals surface area contributed by atoms with Crippen molar-refractivity contribution in [3.8, 4) is 0 Å². The molecule has 4 rings (SSSR count). The fraction of sp³-hybridized carbons (Fsp3) is 0.412. The van der Waals surface area contributed by atoms with E-state index in [2.05, 4.69) is 15.6 Å². The van der Waals surface area contributed by atoms with Crippen LogP contribution in [0.2, 0.25) is 0 Å². The minimum Gasteiger partial charge on any atom is -0.380 e. The first kappa shape index (κ1) is 14.4. The number of para-hydroxylation sites is 1. The molecule has 23 heavy (non-hydrogen) atoms. The van der Waals surface area contributed by atoms with Gasteiger partial charge in [-0.1, -0.05) is 18.2 Å². The highest BCUT2D eigenvalue weighted by atomic mass is 16.5. The van der Waals surface area contributed by atoms with E-state index in [4.69, 9.17) is 4.74 Å². The van der Waals surface area contributed by atoms with Gasteiger partial charge in [0.1, 0.15) is 0 Å². The van der Waals surface area contributed by atoms with E-state index in [0.29, 0.717) is 26.3 Å². The Kier molecular flexibility index (Phi) is 3.43. The van der Waals surface area contributed by atoms with Gasteiger partial charge in [-0.25, -0.2) is 0 Å². The number of ether oxygens (including phenoxy) is 1. The van der Waals surface area contributed by atoms with E-state index in [-0.39, 0.29) is 17.4 Å². The van der Waals surface area contributed by atoms with Gasteiger partial charge < -0.3 is 20.4 Å². The van der Waals surface area contributed by atoms with Crippen molar-refractivity contribution < 1.29 is 9.53 Å². The lowest BCUT2D eigenvalue weighted by molar-refractivity contribution is -0.131. The number of fused-ring (bicyclic) bond motifs is 2. The average molecular weight is 313 g/mol. The van der Waals surface area contributed by atoms with Gasteiger partial charge in [-0.05, 0) is 11.6 Å². The summed E-state index contributed by atoms with van der Waals surface area (Å²) in [7, 11) is 0. The zero-order valence-corrected chi connectivity index (χ0v) is 12.7. The number of carbonyl (C=O) groups excluding carboxylic acids is 1. The van der Waals surface area contributed by atoms with Gasteiger partial charge in [0.25, 0.3) is 0 Å². The Morgan fingerprint density at radius 2 is 2.26 bits per heavy atom. The molecule has 0 saturated carbocycles. The number of benzene rings is 1. The highest BCUT2D eigenvalue weighted by molar-refractivity contribution is 5.86. The molecule has 2 aromatic rings. The first-order valence-electron chi connectivity index (χ1n) is 7.87. The summed E-state index contributed by atoms with van der Waals surface area (Å²) < 4.78 is 5.52. The van der Waals surface area contributed by atoms with Crippen LogP contribution in [-0.2, 0) is 16.1 Å². The second kappa shape index (κ2) is 5.47. The predicted octanol–water partition coefficient (Wildman–Crippen LogP) is 0.380. The van der Waals surface area contributed by atoms with Crippen molar-refractivity contribution in [2.75, 3.05) is 26.3 Å². The number of pyridine rings is 1. The lowest BCUT2D eigenvalue weighted by Crippen LogP contribution is -2.46. The monoisotopic (exact) mass is 313 g/mol. The first-order valence-corrected chi connectivity index (χ1v) is 7.87. The number of H-pyrrole nitrogens is 1. The molecule has 120 valence electrons. The van der Waals surface area contributed by atoms with Crippen molar-refractivity contribution in [2.45, 2.75) is 6.54 Å². The van der Waals surface area contributed by atoms with Gasteiger partial charge in [0, 0.05) is 42.5 Å². The van der Waals surface area contributed by atoms with E-state index in [1.807, 2.05) is 24.3 Å². The van der Waals surface area contributed by atoms with Gasteiger partial charge in [0.05, 0.1) is 18.6 Å².